The minimum Gasteiger partial charge on any atom is -0.460 e. The molecule has 0 bridgehead atoms. The van der Waals surface area contributed by atoms with Crippen molar-refractivity contribution >= 4 is 23.3 Å². The summed E-state index contributed by atoms with van der Waals surface area (Å²) in [4.78, 5) is 27.8. The van der Waals surface area contributed by atoms with Crippen LogP contribution in [0.1, 0.15) is 20.7 Å². The summed E-state index contributed by atoms with van der Waals surface area (Å²) in [6.45, 7) is 0.732. The molecule has 0 radical (unpaired) electrons. The number of rotatable bonds is 10. The van der Waals surface area contributed by atoms with Gasteiger partial charge >= 0.3 is 11.9 Å². The number of hydrogen-bond acceptors (Lipinski definition) is 7. The third-order valence-corrected chi connectivity index (χ3v) is 4.16. The number of ether oxygens (including phenoxy) is 3. The second kappa shape index (κ2) is 11.1. The molecule has 0 heterocycles. The summed E-state index contributed by atoms with van der Waals surface area (Å²) in [7, 11) is 7.73. The largest absolute Gasteiger partial charge is 0.460 e. The Morgan fingerprint density at radius 1 is 0.621 bits per heavy atom. The van der Waals surface area contributed by atoms with Gasteiger partial charge in [0.15, 0.2) is 0 Å². The van der Waals surface area contributed by atoms with E-state index in [1.54, 1.807) is 24.3 Å². The molecule has 0 aliphatic carbocycles. The summed E-state index contributed by atoms with van der Waals surface area (Å²) in [5.41, 5.74) is 3.00. The molecule has 7 nitrogen and oxygen atoms in total. The van der Waals surface area contributed by atoms with Crippen LogP contribution < -0.4 is 9.80 Å². The van der Waals surface area contributed by atoms with Gasteiger partial charge in [-0.05, 0) is 48.5 Å². The lowest BCUT2D eigenvalue weighted by Gasteiger charge is -2.12. The highest BCUT2D eigenvalue weighted by molar-refractivity contribution is 5.90. The van der Waals surface area contributed by atoms with E-state index in [1.807, 2.05) is 62.3 Å². The van der Waals surface area contributed by atoms with E-state index >= 15 is 0 Å². The molecule has 0 spiro atoms. The summed E-state index contributed by atoms with van der Waals surface area (Å²) in [6, 6.07) is 14.3. The fourth-order valence-corrected chi connectivity index (χ4v) is 2.45. The van der Waals surface area contributed by atoms with Gasteiger partial charge in [-0.1, -0.05) is 0 Å². The van der Waals surface area contributed by atoms with Gasteiger partial charge in [0, 0.05) is 39.6 Å². The Morgan fingerprint density at radius 3 is 1.28 bits per heavy atom. The first kappa shape index (κ1) is 22.2. The molecule has 7 heteroatoms. The number of carbonyl (C=O) groups is 2. The molecule has 0 atom stereocenters. The van der Waals surface area contributed by atoms with Crippen molar-refractivity contribution in [1.82, 2.24) is 0 Å². The van der Waals surface area contributed by atoms with E-state index in [-0.39, 0.29) is 26.4 Å². The highest BCUT2D eigenvalue weighted by atomic mass is 16.6. The van der Waals surface area contributed by atoms with E-state index in [2.05, 4.69) is 0 Å². The number of esters is 2. The van der Waals surface area contributed by atoms with Crippen molar-refractivity contribution in [2.24, 2.45) is 0 Å². The molecule has 0 fully saturated rings. The van der Waals surface area contributed by atoms with Gasteiger partial charge in [0.25, 0.3) is 0 Å². The quantitative estimate of drug-likeness (QED) is 0.449. The van der Waals surface area contributed by atoms with Gasteiger partial charge in [0.1, 0.15) is 13.2 Å². The average Bonchev–Trinajstić information content (AvgIpc) is 2.72. The van der Waals surface area contributed by atoms with E-state index in [1.165, 1.54) is 0 Å². The summed E-state index contributed by atoms with van der Waals surface area (Å²) >= 11 is 0. The van der Waals surface area contributed by atoms with Crippen LogP contribution in [0.25, 0.3) is 0 Å². The van der Waals surface area contributed by atoms with Gasteiger partial charge in [-0.15, -0.1) is 0 Å². The predicted molar refractivity (Wildman–Crippen MR) is 113 cm³/mol. The Labute approximate surface area is 171 Å². The van der Waals surface area contributed by atoms with Crippen LogP contribution in [0.2, 0.25) is 0 Å². The molecule has 0 saturated heterocycles. The Kier molecular flexibility index (Phi) is 8.48. The molecule has 0 aliphatic heterocycles. The van der Waals surface area contributed by atoms with Crippen molar-refractivity contribution in [3.8, 4) is 0 Å². The van der Waals surface area contributed by atoms with Crippen molar-refractivity contribution < 1.29 is 23.8 Å². The minimum absolute atomic E-state index is 0.133. The molecule has 2 aromatic carbocycles. The maximum atomic E-state index is 12.0. The molecule has 0 aromatic heterocycles. The van der Waals surface area contributed by atoms with Gasteiger partial charge in [-0.2, -0.15) is 0 Å². The van der Waals surface area contributed by atoms with Crippen LogP contribution in [-0.4, -0.2) is 66.6 Å². The maximum absolute atomic E-state index is 12.0. The number of anilines is 2. The van der Waals surface area contributed by atoms with Crippen molar-refractivity contribution in [2.45, 2.75) is 0 Å². The molecule has 2 aromatic rings. The summed E-state index contributed by atoms with van der Waals surface area (Å²) < 4.78 is 15.7. The zero-order valence-corrected chi connectivity index (χ0v) is 17.4. The lowest BCUT2D eigenvalue weighted by molar-refractivity contribution is 0.0151. The number of carbonyl (C=O) groups excluding carboxylic acids is 2. The SMILES string of the molecule is CN(C)c1ccc(C(=O)OCCOCCOC(=O)c2ccc(N(C)C)cc2)cc1. The summed E-state index contributed by atoms with van der Waals surface area (Å²) in [6.07, 6.45) is 0. The molecule has 29 heavy (non-hydrogen) atoms. The van der Waals surface area contributed by atoms with Crippen LogP contribution in [0.15, 0.2) is 48.5 Å². The third-order valence-electron chi connectivity index (χ3n) is 4.16. The Morgan fingerprint density at radius 2 is 0.966 bits per heavy atom. The maximum Gasteiger partial charge on any atom is 0.338 e. The highest BCUT2D eigenvalue weighted by Crippen LogP contribution is 2.14. The van der Waals surface area contributed by atoms with Gasteiger partial charge in [0.2, 0.25) is 0 Å². The van der Waals surface area contributed by atoms with Crippen LogP contribution >= 0.6 is 0 Å². The second-order valence-electron chi connectivity index (χ2n) is 6.77. The molecule has 0 unspecified atom stereocenters. The zero-order chi connectivity index (χ0) is 21.2. The lowest BCUT2D eigenvalue weighted by Crippen LogP contribution is -2.15. The third kappa shape index (κ3) is 7.12. The molecular weight excluding hydrogens is 372 g/mol. The van der Waals surface area contributed by atoms with Crippen LogP contribution in [0.4, 0.5) is 11.4 Å². The first-order valence-corrected chi connectivity index (χ1v) is 9.35. The monoisotopic (exact) mass is 400 g/mol. The van der Waals surface area contributed by atoms with Gasteiger partial charge in [-0.25, -0.2) is 9.59 Å². The van der Waals surface area contributed by atoms with E-state index in [0.717, 1.165) is 11.4 Å². The lowest BCUT2D eigenvalue weighted by atomic mass is 10.2. The number of nitrogens with zero attached hydrogens (tertiary/aromatic N) is 2. The zero-order valence-electron chi connectivity index (χ0n) is 17.4. The number of benzene rings is 2. The molecule has 0 saturated carbocycles. The smallest absolute Gasteiger partial charge is 0.338 e. The van der Waals surface area contributed by atoms with Gasteiger partial charge in [-0.3, -0.25) is 0 Å². The van der Waals surface area contributed by atoms with Crippen LogP contribution in [-0.2, 0) is 14.2 Å². The van der Waals surface area contributed by atoms with Crippen molar-refractivity contribution in [1.29, 1.82) is 0 Å². The van der Waals surface area contributed by atoms with Crippen LogP contribution in [0.5, 0.6) is 0 Å². The van der Waals surface area contributed by atoms with E-state index < -0.39 is 11.9 Å². The van der Waals surface area contributed by atoms with Crippen molar-refractivity contribution in [3.63, 3.8) is 0 Å². The van der Waals surface area contributed by atoms with Gasteiger partial charge in [0.05, 0.1) is 24.3 Å². The Bertz CT molecular complexity index is 718. The van der Waals surface area contributed by atoms with Gasteiger partial charge < -0.3 is 24.0 Å². The topological polar surface area (TPSA) is 68.3 Å². The summed E-state index contributed by atoms with van der Waals surface area (Å²) in [5.74, 6) is -0.794. The standard InChI is InChI=1S/C22H28N2O5/c1-23(2)19-9-5-17(6-10-19)21(25)28-15-13-27-14-16-29-22(26)18-7-11-20(12-8-18)24(3)4/h5-12H,13-16H2,1-4H3. The molecule has 0 aliphatic rings. The summed E-state index contributed by atoms with van der Waals surface area (Å²) in [5, 5.41) is 0. The van der Waals surface area contributed by atoms with Crippen LogP contribution in [0.3, 0.4) is 0 Å². The highest BCUT2D eigenvalue weighted by Gasteiger charge is 2.09. The van der Waals surface area contributed by atoms with E-state index in [0.29, 0.717) is 11.1 Å². The Balaban J connectivity index is 1.59. The minimum atomic E-state index is -0.397. The Hall–Kier alpha value is -3.06. The molecule has 156 valence electrons. The predicted octanol–water partition coefficient (Wildman–Crippen LogP) is 2.85. The van der Waals surface area contributed by atoms with Crippen molar-refractivity contribution in [3.05, 3.63) is 59.7 Å². The number of hydrogen-bond donors (Lipinski definition) is 0. The first-order valence-electron chi connectivity index (χ1n) is 9.35. The molecule has 0 amide bonds. The molecular formula is C22H28N2O5. The first-order chi connectivity index (χ1) is 13.9. The fourth-order valence-electron chi connectivity index (χ4n) is 2.45. The molecule has 0 N–H and O–H groups in total. The van der Waals surface area contributed by atoms with E-state index in [4.69, 9.17) is 14.2 Å². The van der Waals surface area contributed by atoms with Crippen LogP contribution in [0, 0.1) is 0 Å². The second-order valence-corrected chi connectivity index (χ2v) is 6.77. The van der Waals surface area contributed by atoms with E-state index in [9.17, 15) is 9.59 Å². The molecule has 2 rings (SSSR count). The normalized spacial score (nSPS) is 10.3. The average molecular weight is 400 g/mol. The van der Waals surface area contributed by atoms with Crippen molar-refractivity contribution in [2.75, 3.05) is 64.4 Å². The fraction of sp³-hybridized carbons (Fsp3) is 0.364.